The molecule has 0 saturated carbocycles. The fourth-order valence-corrected chi connectivity index (χ4v) is 2.36. The predicted molar refractivity (Wildman–Crippen MR) is 95.3 cm³/mol. The SMILES string of the molecule is CC(C)(C)n1cc(NC(=O)COc2ccc3ccccc3c2)cn1. The zero-order valence-electron chi connectivity index (χ0n) is 14.1. The first-order chi connectivity index (χ1) is 11.4. The van der Waals surface area contributed by atoms with Gasteiger partial charge in [-0.3, -0.25) is 9.48 Å². The molecular weight excluding hydrogens is 302 g/mol. The van der Waals surface area contributed by atoms with E-state index in [1.807, 2.05) is 53.3 Å². The van der Waals surface area contributed by atoms with Crippen LogP contribution in [-0.4, -0.2) is 22.3 Å². The van der Waals surface area contributed by atoms with E-state index in [0.717, 1.165) is 10.8 Å². The third-order valence-corrected chi connectivity index (χ3v) is 3.64. The molecule has 0 aliphatic rings. The molecule has 5 nitrogen and oxygen atoms in total. The Morgan fingerprint density at radius 3 is 2.62 bits per heavy atom. The van der Waals surface area contributed by atoms with Gasteiger partial charge in [0.25, 0.3) is 5.91 Å². The molecule has 24 heavy (non-hydrogen) atoms. The third kappa shape index (κ3) is 3.74. The second-order valence-electron chi connectivity index (χ2n) is 6.69. The van der Waals surface area contributed by atoms with Crippen molar-refractivity contribution in [1.82, 2.24) is 9.78 Å². The molecule has 0 spiro atoms. The molecule has 124 valence electrons. The van der Waals surface area contributed by atoms with Crippen LogP contribution < -0.4 is 10.1 Å². The van der Waals surface area contributed by atoms with Gasteiger partial charge in [-0.2, -0.15) is 5.10 Å². The van der Waals surface area contributed by atoms with Crippen molar-refractivity contribution < 1.29 is 9.53 Å². The first kappa shape index (κ1) is 16.1. The van der Waals surface area contributed by atoms with Crippen LogP contribution in [0.15, 0.2) is 54.9 Å². The number of ether oxygens (including phenoxy) is 1. The topological polar surface area (TPSA) is 56.2 Å². The molecule has 0 aliphatic heterocycles. The van der Waals surface area contributed by atoms with Gasteiger partial charge in [0.15, 0.2) is 6.61 Å². The Hall–Kier alpha value is -2.82. The highest BCUT2D eigenvalue weighted by Crippen LogP contribution is 2.20. The van der Waals surface area contributed by atoms with Gasteiger partial charge in [-0.15, -0.1) is 0 Å². The van der Waals surface area contributed by atoms with Crippen molar-refractivity contribution in [3.63, 3.8) is 0 Å². The maximum Gasteiger partial charge on any atom is 0.262 e. The number of carbonyl (C=O) groups is 1. The molecule has 1 aromatic heterocycles. The molecule has 0 fully saturated rings. The number of hydrogen-bond acceptors (Lipinski definition) is 3. The van der Waals surface area contributed by atoms with Gasteiger partial charge in [-0.05, 0) is 43.7 Å². The van der Waals surface area contributed by atoms with Crippen molar-refractivity contribution in [3.05, 3.63) is 54.9 Å². The highest BCUT2D eigenvalue weighted by molar-refractivity contribution is 5.91. The molecule has 5 heteroatoms. The first-order valence-corrected chi connectivity index (χ1v) is 7.88. The van der Waals surface area contributed by atoms with Crippen LogP contribution in [0.3, 0.4) is 0 Å². The van der Waals surface area contributed by atoms with E-state index in [1.165, 1.54) is 0 Å². The molecule has 2 aromatic carbocycles. The van der Waals surface area contributed by atoms with Gasteiger partial charge in [0.05, 0.1) is 17.4 Å². The third-order valence-electron chi connectivity index (χ3n) is 3.64. The normalized spacial score (nSPS) is 11.5. The Kier molecular flexibility index (Phi) is 4.25. The zero-order chi connectivity index (χ0) is 17.2. The summed E-state index contributed by atoms with van der Waals surface area (Å²) in [6, 6.07) is 13.8. The second-order valence-corrected chi connectivity index (χ2v) is 6.69. The summed E-state index contributed by atoms with van der Waals surface area (Å²) < 4.78 is 7.40. The number of benzene rings is 2. The summed E-state index contributed by atoms with van der Waals surface area (Å²) >= 11 is 0. The minimum absolute atomic E-state index is 0.0426. The Bertz CT molecular complexity index is 862. The smallest absolute Gasteiger partial charge is 0.262 e. The lowest BCUT2D eigenvalue weighted by molar-refractivity contribution is -0.118. The molecule has 3 rings (SSSR count). The van der Waals surface area contributed by atoms with Crippen molar-refractivity contribution in [2.45, 2.75) is 26.3 Å². The quantitative estimate of drug-likeness (QED) is 0.794. The van der Waals surface area contributed by atoms with Crippen LogP contribution in [0.2, 0.25) is 0 Å². The highest BCUT2D eigenvalue weighted by atomic mass is 16.5. The van der Waals surface area contributed by atoms with Gasteiger partial charge in [0.1, 0.15) is 5.75 Å². The van der Waals surface area contributed by atoms with Crippen molar-refractivity contribution in [2.24, 2.45) is 0 Å². The molecule has 0 atom stereocenters. The standard InChI is InChI=1S/C19H21N3O2/c1-19(2,3)22-12-16(11-20-22)21-18(23)13-24-17-9-8-14-6-4-5-7-15(14)10-17/h4-12H,13H2,1-3H3,(H,21,23). The van der Waals surface area contributed by atoms with Crippen LogP contribution in [0.5, 0.6) is 5.75 Å². The van der Waals surface area contributed by atoms with E-state index in [-0.39, 0.29) is 18.1 Å². The van der Waals surface area contributed by atoms with Crippen molar-refractivity contribution in [2.75, 3.05) is 11.9 Å². The predicted octanol–water partition coefficient (Wildman–Crippen LogP) is 3.81. The summed E-state index contributed by atoms with van der Waals surface area (Å²) in [5.74, 6) is 0.464. The average Bonchev–Trinajstić information content (AvgIpc) is 3.01. The molecule has 1 heterocycles. The summed E-state index contributed by atoms with van der Waals surface area (Å²) in [6.45, 7) is 6.11. The molecule has 1 amide bonds. The first-order valence-electron chi connectivity index (χ1n) is 7.88. The van der Waals surface area contributed by atoms with Gasteiger partial charge >= 0.3 is 0 Å². The molecular formula is C19H21N3O2. The molecule has 0 radical (unpaired) electrons. The Morgan fingerprint density at radius 1 is 1.17 bits per heavy atom. The monoisotopic (exact) mass is 323 g/mol. The van der Waals surface area contributed by atoms with Crippen molar-refractivity contribution in [3.8, 4) is 5.75 Å². The van der Waals surface area contributed by atoms with E-state index in [0.29, 0.717) is 11.4 Å². The van der Waals surface area contributed by atoms with E-state index in [9.17, 15) is 4.79 Å². The number of rotatable bonds is 4. The Morgan fingerprint density at radius 2 is 1.92 bits per heavy atom. The van der Waals surface area contributed by atoms with Crippen LogP contribution in [-0.2, 0) is 10.3 Å². The molecule has 1 N–H and O–H groups in total. The van der Waals surface area contributed by atoms with E-state index < -0.39 is 0 Å². The van der Waals surface area contributed by atoms with Crippen molar-refractivity contribution >= 4 is 22.4 Å². The number of amides is 1. The van der Waals surface area contributed by atoms with Gasteiger partial charge in [-0.1, -0.05) is 30.3 Å². The largest absolute Gasteiger partial charge is 0.484 e. The number of fused-ring (bicyclic) bond motifs is 1. The van der Waals surface area contributed by atoms with E-state index >= 15 is 0 Å². The van der Waals surface area contributed by atoms with Crippen LogP contribution >= 0.6 is 0 Å². The second kappa shape index (κ2) is 6.35. The lowest BCUT2D eigenvalue weighted by atomic mass is 10.1. The van der Waals surface area contributed by atoms with Crippen LogP contribution in [0.25, 0.3) is 10.8 Å². The van der Waals surface area contributed by atoms with Crippen molar-refractivity contribution in [1.29, 1.82) is 0 Å². The summed E-state index contributed by atoms with van der Waals surface area (Å²) in [6.07, 6.45) is 3.45. The number of nitrogens with zero attached hydrogens (tertiary/aromatic N) is 2. The summed E-state index contributed by atoms with van der Waals surface area (Å²) in [7, 11) is 0. The maximum atomic E-state index is 12.0. The number of anilines is 1. The lowest BCUT2D eigenvalue weighted by Gasteiger charge is -2.18. The number of hydrogen-bond donors (Lipinski definition) is 1. The minimum Gasteiger partial charge on any atom is -0.484 e. The molecule has 3 aromatic rings. The van der Waals surface area contributed by atoms with Crippen LogP contribution in [0.4, 0.5) is 5.69 Å². The average molecular weight is 323 g/mol. The van der Waals surface area contributed by atoms with Gasteiger partial charge in [0, 0.05) is 6.20 Å². The van der Waals surface area contributed by atoms with Crippen LogP contribution in [0.1, 0.15) is 20.8 Å². The van der Waals surface area contributed by atoms with Gasteiger partial charge < -0.3 is 10.1 Å². The fourth-order valence-electron chi connectivity index (χ4n) is 2.36. The maximum absolute atomic E-state index is 12.0. The number of aromatic nitrogens is 2. The lowest BCUT2D eigenvalue weighted by Crippen LogP contribution is -2.22. The van der Waals surface area contributed by atoms with Crippen LogP contribution in [0, 0.1) is 0 Å². The highest BCUT2D eigenvalue weighted by Gasteiger charge is 2.14. The molecule has 0 aliphatic carbocycles. The Balaban J connectivity index is 1.59. The van der Waals surface area contributed by atoms with E-state index in [2.05, 4.69) is 31.2 Å². The van der Waals surface area contributed by atoms with Gasteiger partial charge in [0.2, 0.25) is 0 Å². The fraction of sp³-hybridized carbons (Fsp3) is 0.263. The summed E-state index contributed by atoms with van der Waals surface area (Å²) in [4.78, 5) is 12.0. The number of carbonyl (C=O) groups excluding carboxylic acids is 1. The van der Waals surface area contributed by atoms with E-state index in [1.54, 1.807) is 6.20 Å². The Labute approximate surface area is 141 Å². The zero-order valence-corrected chi connectivity index (χ0v) is 14.1. The molecule has 0 unspecified atom stereocenters. The van der Waals surface area contributed by atoms with Gasteiger partial charge in [-0.25, -0.2) is 0 Å². The summed E-state index contributed by atoms with van der Waals surface area (Å²) in [5.41, 5.74) is 0.543. The summed E-state index contributed by atoms with van der Waals surface area (Å²) in [5, 5.41) is 9.28. The molecule has 0 bridgehead atoms. The number of nitrogens with one attached hydrogen (secondary N) is 1. The van der Waals surface area contributed by atoms with E-state index in [4.69, 9.17) is 4.74 Å². The molecule has 0 saturated heterocycles. The minimum atomic E-state index is -0.211.